The van der Waals surface area contributed by atoms with Crippen LogP contribution in [-0.2, 0) is 0 Å². The van der Waals surface area contributed by atoms with Crippen molar-refractivity contribution < 1.29 is 4.39 Å². The van der Waals surface area contributed by atoms with Crippen molar-refractivity contribution in [2.75, 3.05) is 0 Å². The molecule has 4 rings (SSSR count). The van der Waals surface area contributed by atoms with Gasteiger partial charge < -0.3 is 0 Å². The first-order valence-corrected chi connectivity index (χ1v) is 12.4. The molecule has 162 valence electrons. The van der Waals surface area contributed by atoms with Gasteiger partial charge in [0.1, 0.15) is 5.82 Å². The first kappa shape index (κ1) is 21.5. The van der Waals surface area contributed by atoms with Gasteiger partial charge >= 0.3 is 0 Å². The average Bonchev–Trinajstić information content (AvgIpc) is 2.80. The topological polar surface area (TPSA) is 12.9 Å². The zero-order valence-corrected chi connectivity index (χ0v) is 18.9. The first-order chi connectivity index (χ1) is 14.7. The Kier molecular flexibility index (Phi) is 7.23. The molecule has 0 unspecified atom stereocenters. The maximum absolute atomic E-state index is 15.0. The Bertz CT molecular complexity index is 796. The van der Waals surface area contributed by atoms with Crippen LogP contribution in [0.25, 0.3) is 11.3 Å². The second kappa shape index (κ2) is 10.1. The van der Waals surface area contributed by atoms with Gasteiger partial charge in [-0.15, -0.1) is 0 Å². The standard InChI is InChI=1S/C28H38FN/c1-3-5-21-8-12-23(13-9-21)25-15-17-28(30-19-25)26-16-14-24(18-27(26)29)22-10-6-20(4-2)7-11-22/h14-23H,3-13H2,1-2H3/t20-,21-,22-,23-. The van der Waals surface area contributed by atoms with Crippen molar-refractivity contribution in [1.29, 1.82) is 0 Å². The second-order valence-corrected chi connectivity index (χ2v) is 9.85. The number of aromatic nitrogens is 1. The highest BCUT2D eigenvalue weighted by Crippen LogP contribution is 2.39. The third kappa shape index (κ3) is 4.95. The molecule has 0 spiro atoms. The molecule has 1 aromatic heterocycles. The van der Waals surface area contributed by atoms with Crippen LogP contribution in [0.5, 0.6) is 0 Å². The zero-order valence-electron chi connectivity index (χ0n) is 18.9. The number of hydrogen-bond acceptors (Lipinski definition) is 1. The van der Waals surface area contributed by atoms with E-state index in [0.717, 1.165) is 17.5 Å². The molecule has 0 saturated heterocycles. The van der Waals surface area contributed by atoms with Crippen molar-refractivity contribution in [1.82, 2.24) is 4.98 Å². The summed E-state index contributed by atoms with van der Waals surface area (Å²) in [6, 6.07) is 10.1. The van der Waals surface area contributed by atoms with E-state index in [4.69, 9.17) is 0 Å². The third-order valence-electron chi connectivity index (χ3n) is 7.97. The molecule has 1 nitrogen and oxygen atoms in total. The van der Waals surface area contributed by atoms with E-state index >= 15 is 0 Å². The van der Waals surface area contributed by atoms with Crippen LogP contribution >= 0.6 is 0 Å². The summed E-state index contributed by atoms with van der Waals surface area (Å²) in [5.41, 5.74) is 3.90. The molecule has 2 aliphatic rings. The number of benzene rings is 1. The fraction of sp³-hybridized carbons (Fsp3) is 0.607. The van der Waals surface area contributed by atoms with Crippen LogP contribution in [0.15, 0.2) is 36.5 Å². The number of nitrogens with zero attached hydrogens (tertiary/aromatic N) is 1. The molecule has 2 aliphatic carbocycles. The molecule has 0 atom stereocenters. The highest BCUT2D eigenvalue weighted by molar-refractivity contribution is 5.60. The monoisotopic (exact) mass is 407 g/mol. The summed E-state index contributed by atoms with van der Waals surface area (Å²) in [4.78, 5) is 4.66. The minimum absolute atomic E-state index is 0.120. The Balaban J connectivity index is 1.41. The largest absolute Gasteiger partial charge is 0.256 e. The second-order valence-electron chi connectivity index (χ2n) is 9.85. The SMILES string of the molecule is CCC[C@H]1CC[C@H](c2ccc(-c3ccc([C@H]4CC[C@H](CC)CC4)cc3F)nc2)CC1. The van der Waals surface area contributed by atoms with Crippen molar-refractivity contribution in [2.24, 2.45) is 11.8 Å². The first-order valence-electron chi connectivity index (χ1n) is 12.4. The maximum atomic E-state index is 15.0. The summed E-state index contributed by atoms with van der Waals surface area (Å²) >= 11 is 0. The van der Waals surface area contributed by atoms with E-state index in [9.17, 15) is 4.39 Å². The summed E-state index contributed by atoms with van der Waals surface area (Å²) in [6.45, 7) is 4.58. The van der Waals surface area contributed by atoms with E-state index < -0.39 is 0 Å². The predicted molar refractivity (Wildman–Crippen MR) is 124 cm³/mol. The maximum Gasteiger partial charge on any atom is 0.132 e. The van der Waals surface area contributed by atoms with Gasteiger partial charge in [0.05, 0.1) is 5.69 Å². The molecule has 0 aliphatic heterocycles. The molecule has 0 bridgehead atoms. The van der Waals surface area contributed by atoms with Crippen LogP contribution in [0.3, 0.4) is 0 Å². The van der Waals surface area contributed by atoms with Gasteiger partial charge in [-0.25, -0.2) is 4.39 Å². The third-order valence-corrected chi connectivity index (χ3v) is 7.97. The highest BCUT2D eigenvalue weighted by Gasteiger charge is 2.23. The number of halogens is 1. The fourth-order valence-corrected chi connectivity index (χ4v) is 5.90. The number of pyridine rings is 1. The molecule has 2 aromatic rings. The lowest BCUT2D eigenvalue weighted by molar-refractivity contribution is 0.308. The molecule has 0 amide bonds. The van der Waals surface area contributed by atoms with Gasteiger partial charge in [0.2, 0.25) is 0 Å². The van der Waals surface area contributed by atoms with Crippen LogP contribution in [0.2, 0.25) is 0 Å². The smallest absolute Gasteiger partial charge is 0.132 e. The van der Waals surface area contributed by atoms with Crippen molar-refractivity contribution in [3.8, 4) is 11.3 Å². The van der Waals surface area contributed by atoms with E-state index in [1.165, 1.54) is 81.8 Å². The molecule has 2 fully saturated rings. The number of hydrogen-bond donors (Lipinski definition) is 0. The van der Waals surface area contributed by atoms with Gasteiger partial charge in [-0.05, 0) is 104 Å². The van der Waals surface area contributed by atoms with Gasteiger partial charge in [-0.2, -0.15) is 0 Å². The Hall–Kier alpha value is -1.70. The van der Waals surface area contributed by atoms with Gasteiger partial charge in [-0.1, -0.05) is 45.2 Å². The van der Waals surface area contributed by atoms with Crippen LogP contribution < -0.4 is 0 Å². The summed E-state index contributed by atoms with van der Waals surface area (Å²) < 4.78 is 15.0. The van der Waals surface area contributed by atoms with Crippen LogP contribution in [-0.4, -0.2) is 4.98 Å². The van der Waals surface area contributed by atoms with Crippen molar-refractivity contribution in [3.05, 3.63) is 53.5 Å². The normalized spacial score (nSPS) is 27.2. The molecular formula is C28H38FN. The van der Waals surface area contributed by atoms with Gasteiger partial charge in [0, 0.05) is 11.8 Å². The molecule has 2 saturated carbocycles. The Morgan fingerprint density at radius 3 is 2.00 bits per heavy atom. The minimum atomic E-state index is -0.120. The fourth-order valence-electron chi connectivity index (χ4n) is 5.90. The summed E-state index contributed by atoms with van der Waals surface area (Å²) in [5.74, 6) is 2.82. The van der Waals surface area contributed by atoms with E-state index in [-0.39, 0.29) is 5.82 Å². The van der Waals surface area contributed by atoms with Gasteiger partial charge in [0.15, 0.2) is 0 Å². The zero-order chi connectivity index (χ0) is 20.9. The average molecular weight is 408 g/mol. The van der Waals surface area contributed by atoms with E-state index in [2.05, 4.69) is 31.0 Å². The lowest BCUT2D eigenvalue weighted by atomic mass is 9.77. The predicted octanol–water partition coefficient (Wildman–Crippen LogP) is 8.65. The van der Waals surface area contributed by atoms with Crippen LogP contribution in [0.1, 0.15) is 107 Å². The Labute approximate surface area is 182 Å². The van der Waals surface area contributed by atoms with E-state index in [0.29, 0.717) is 17.4 Å². The summed E-state index contributed by atoms with van der Waals surface area (Å²) in [5, 5.41) is 0. The molecular weight excluding hydrogens is 369 g/mol. The van der Waals surface area contributed by atoms with Crippen molar-refractivity contribution in [3.63, 3.8) is 0 Å². The lowest BCUT2D eigenvalue weighted by Gasteiger charge is -2.28. The number of rotatable bonds is 6. The summed E-state index contributed by atoms with van der Waals surface area (Å²) in [6.07, 6.45) is 16.2. The van der Waals surface area contributed by atoms with Crippen molar-refractivity contribution in [2.45, 2.75) is 96.3 Å². The Morgan fingerprint density at radius 2 is 1.43 bits per heavy atom. The van der Waals surface area contributed by atoms with Crippen molar-refractivity contribution >= 4 is 0 Å². The molecule has 2 heteroatoms. The van der Waals surface area contributed by atoms with E-state index in [1.807, 2.05) is 18.3 Å². The van der Waals surface area contributed by atoms with Crippen LogP contribution in [0, 0.1) is 17.7 Å². The Morgan fingerprint density at radius 1 is 0.800 bits per heavy atom. The molecule has 1 heterocycles. The highest BCUT2D eigenvalue weighted by atomic mass is 19.1. The quantitative estimate of drug-likeness (QED) is 0.467. The molecule has 1 aromatic carbocycles. The summed E-state index contributed by atoms with van der Waals surface area (Å²) in [7, 11) is 0. The van der Waals surface area contributed by atoms with Crippen LogP contribution in [0.4, 0.5) is 4.39 Å². The van der Waals surface area contributed by atoms with Gasteiger partial charge in [0.25, 0.3) is 0 Å². The lowest BCUT2D eigenvalue weighted by Crippen LogP contribution is -2.13. The van der Waals surface area contributed by atoms with Gasteiger partial charge in [-0.3, -0.25) is 4.98 Å². The minimum Gasteiger partial charge on any atom is -0.256 e. The molecule has 30 heavy (non-hydrogen) atoms. The molecule has 0 N–H and O–H groups in total. The van der Waals surface area contributed by atoms with E-state index in [1.54, 1.807) is 6.07 Å². The molecule has 0 radical (unpaired) electrons.